The molecule has 0 unspecified atom stereocenters. The van der Waals surface area contributed by atoms with Crippen LogP contribution in [0, 0.1) is 0 Å². The fourth-order valence-electron chi connectivity index (χ4n) is 5.77. The molecule has 2 aromatic rings. The van der Waals surface area contributed by atoms with E-state index >= 15 is 0 Å². The molecule has 1 aliphatic heterocycles. The molecule has 0 spiro atoms. The largest absolute Gasteiger partial charge is 0.298 e. The first-order chi connectivity index (χ1) is 20.5. The second kappa shape index (κ2) is 16.5. The molecule has 1 heterocycles. The number of imide groups is 1. The molecule has 0 aliphatic carbocycles. The zero-order valence-corrected chi connectivity index (χ0v) is 26.7. The Balaban J connectivity index is 1.71. The van der Waals surface area contributed by atoms with Gasteiger partial charge < -0.3 is 0 Å². The average molecular weight is 636 g/mol. The van der Waals surface area contributed by atoms with Gasteiger partial charge in [-0.25, -0.2) is 4.90 Å². The highest BCUT2D eigenvalue weighted by atomic mass is 32.2. The van der Waals surface area contributed by atoms with Gasteiger partial charge in [-0.3, -0.25) is 18.7 Å². The molecule has 1 aliphatic rings. The van der Waals surface area contributed by atoms with Crippen molar-refractivity contribution in [2.45, 2.75) is 126 Å². The van der Waals surface area contributed by atoms with Gasteiger partial charge in [-0.05, 0) is 18.2 Å². The first kappa shape index (κ1) is 34.9. The topological polar surface area (TPSA) is 146 Å². The Hall–Kier alpha value is -2.60. The van der Waals surface area contributed by atoms with Crippen LogP contribution in [0.25, 0.3) is 16.8 Å². The van der Waals surface area contributed by atoms with Crippen molar-refractivity contribution in [3.63, 3.8) is 0 Å². The summed E-state index contributed by atoms with van der Waals surface area (Å²) in [5.74, 6) is -1.46. The first-order valence-corrected chi connectivity index (χ1v) is 18.4. The second-order valence-corrected chi connectivity index (χ2v) is 14.0. The van der Waals surface area contributed by atoms with Crippen LogP contribution >= 0.6 is 0 Å². The summed E-state index contributed by atoms with van der Waals surface area (Å²) in [7, 11) is -10.5. The number of amides is 2. The Kier molecular flexibility index (Phi) is 13.4. The third kappa shape index (κ3) is 9.69. The molecule has 1 saturated heterocycles. The lowest BCUT2D eigenvalue weighted by Gasteiger charge is -2.23. The van der Waals surface area contributed by atoms with Gasteiger partial charge >= 0.3 is 0 Å². The molecule has 43 heavy (non-hydrogen) atoms. The number of allylic oxidation sites excluding steroid dienone is 1. The Labute approximate surface area is 256 Å². The van der Waals surface area contributed by atoms with Crippen molar-refractivity contribution in [1.29, 1.82) is 0 Å². The summed E-state index contributed by atoms with van der Waals surface area (Å²) in [6.07, 6.45) is 20.8. The molecule has 2 N–H and O–H groups in total. The number of benzene rings is 2. The van der Waals surface area contributed by atoms with Crippen LogP contribution < -0.4 is 4.90 Å². The molecule has 0 saturated carbocycles. The summed E-state index contributed by atoms with van der Waals surface area (Å²) in [6.45, 7) is 2.23. The van der Waals surface area contributed by atoms with Gasteiger partial charge in [-0.2, -0.15) is 16.8 Å². The Morgan fingerprint density at radius 1 is 0.674 bits per heavy atom. The molecular formula is C32H45NO8S2. The standard InChI is InChI=1S/C32H45NO8S2/c1-2-3-4-5-6-7-8-9-10-11-12-13-14-15-16-17-21-26-25-20-18-19-22-27(25)31(42(36,37)38)32(43(39,40)41)30(26)33-28(34)23-24-29(33)35/h17-22H,2-16,23-24H2,1H3,(H,36,37,38)(H,39,40,41). The normalized spacial score (nSPS) is 14.5. The van der Waals surface area contributed by atoms with Crippen LogP contribution in [0.1, 0.15) is 122 Å². The number of fused-ring (bicyclic) bond motifs is 1. The number of hydrogen-bond donors (Lipinski definition) is 2. The van der Waals surface area contributed by atoms with Crippen LogP contribution in [-0.2, 0) is 29.8 Å². The predicted octanol–water partition coefficient (Wildman–Crippen LogP) is 7.87. The second-order valence-electron chi connectivity index (χ2n) is 11.3. The van der Waals surface area contributed by atoms with Gasteiger partial charge in [0.1, 0.15) is 9.79 Å². The van der Waals surface area contributed by atoms with E-state index in [0.717, 1.165) is 19.3 Å². The minimum absolute atomic E-state index is 0.101. The minimum atomic E-state index is -5.33. The van der Waals surface area contributed by atoms with E-state index < -0.39 is 47.5 Å². The van der Waals surface area contributed by atoms with Crippen LogP contribution in [0.5, 0.6) is 0 Å². The highest BCUT2D eigenvalue weighted by molar-refractivity contribution is 7.89. The summed E-state index contributed by atoms with van der Waals surface area (Å²) < 4.78 is 70.3. The lowest BCUT2D eigenvalue weighted by Crippen LogP contribution is -2.31. The van der Waals surface area contributed by atoms with Gasteiger partial charge in [0.2, 0.25) is 11.8 Å². The Morgan fingerprint density at radius 2 is 1.12 bits per heavy atom. The fourth-order valence-corrected chi connectivity index (χ4v) is 7.97. The van der Waals surface area contributed by atoms with Crippen LogP contribution in [0.2, 0.25) is 0 Å². The number of hydrogen-bond acceptors (Lipinski definition) is 6. The summed E-state index contributed by atoms with van der Waals surface area (Å²) in [5.41, 5.74) is -0.455. The monoisotopic (exact) mass is 635 g/mol. The van der Waals surface area contributed by atoms with E-state index in [1.54, 1.807) is 18.2 Å². The molecule has 2 aromatic carbocycles. The number of carbonyl (C=O) groups excluding carboxylic acids is 2. The van der Waals surface area contributed by atoms with Crippen LogP contribution in [0.3, 0.4) is 0 Å². The third-order valence-corrected chi connectivity index (χ3v) is 9.92. The summed E-state index contributed by atoms with van der Waals surface area (Å²) in [4.78, 5) is 23.8. The molecular weight excluding hydrogens is 590 g/mol. The quantitative estimate of drug-likeness (QED) is 0.0901. The molecule has 1 fully saturated rings. The zero-order valence-electron chi connectivity index (χ0n) is 25.1. The Morgan fingerprint density at radius 3 is 1.58 bits per heavy atom. The van der Waals surface area contributed by atoms with Gasteiger partial charge in [0, 0.05) is 23.8 Å². The van der Waals surface area contributed by atoms with E-state index in [1.165, 1.54) is 88.8 Å². The van der Waals surface area contributed by atoms with Crippen LogP contribution in [0.15, 0.2) is 40.1 Å². The number of anilines is 1. The fraction of sp³-hybridized carbons (Fsp3) is 0.562. The molecule has 0 bridgehead atoms. The zero-order chi connectivity index (χ0) is 31.5. The van der Waals surface area contributed by atoms with Gasteiger partial charge in [0.25, 0.3) is 20.2 Å². The molecule has 0 aromatic heterocycles. The lowest BCUT2D eigenvalue weighted by atomic mass is 10.00. The van der Waals surface area contributed by atoms with Crippen molar-refractivity contribution in [2.75, 3.05) is 4.90 Å². The molecule has 9 nitrogen and oxygen atoms in total. The summed E-state index contributed by atoms with van der Waals surface area (Å²) in [6, 6.07) is 5.86. The van der Waals surface area contributed by atoms with Gasteiger partial charge in [0.15, 0.2) is 0 Å². The van der Waals surface area contributed by atoms with E-state index in [2.05, 4.69) is 6.92 Å². The van der Waals surface area contributed by atoms with E-state index in [9.17, 15) is 35.5 Å². The predicted molar refractivity (Wildman–Crippen MR) is 169 cm³/mol. The van der Waals surface area contributed by atoms with Crippen molar-refractivity contribution < 1.29 is 35.5 Å². The third-order valence-electron chi connectivity index (χ3n) is 7.94. The maximum absolute atomic E-state index is 12.7. The molecule has 3 rings (SSSR count). The van der Waals surface area contributed by atoms with Gasteiger partial charge in [-0.1, -0.05) is 127 Å². The van der Waals surface area contributed by atoms with E-state index in [4.69, 9.17) is 0 Å². The number of rotatable bonds is 19. The highest BCUT2D eigenvalue weighted by Gasteiger charge is 2.40. The summed E-state index contributed by atoms with van der Waals surface area (Å²) in [5, 5.41) is 0.0545. The van der Waals surface area contributed by atoms with E-state index in [-0.39, 0.29) is 29.2 Å². The highest BCUT2D eigenvalue weighted by Crippen LogP contribution is 2.44. The van der Waals surface area contributed by atoms with Crippen molar-refractivity contribution in [2.24, 2.45) is 0 Å². The first-order valence-electron chi connectivity index (χ1n) is 15.5. The number of unbranched alkanes of at least 4 members (excludes halogenated alkanes) is 14. The number of carbonyl (C=O) groups is 2. The molecule has 0 radical (unpaired) electrons. The van der Waals surface area contributed by atoms with E-state index in [0.29, 0.717) is 11.3 Å². The Bertz CT molecular complexity index is 1500. The van der Waals surface area contributed by atoms with Crippen LogP contribution in [0.4, 0.5) is 5.69 Å². The van der Waals surface area contributed by atoms with Crippen molar-refractivity contribution >= 4 is 54.6 Å². The molecule has 0 atom stereocenters. The minimum Gasteiger partial charge on any atom is -0.282 e. The maximum Gasteiger partial charge on any atom is 0.298 e. The van der Waals surface area contributed by atoms with E-state index in [1.807, 2.05) is 0 Å². The van der Waals surface area contributed by atoms with Crippen LogP contribution in [-0.4, -0.2) is 37.8 Å². The molecule has 11 heteroatoms. The van der Waals surface area contributed by atoms with Crippen molar-refractivity contribution in [3.8, 4) is 0 Å². The number of nitrogens with zero attached hydrogens (tertiary/aromatic N) is 1. The maximum atomic E-state index is 12.7. The smallest absolute Gasteiger partial charge is 0.282 e. The van der Waals surface area contributed by atoms with Gasteiger partial charge in [0.05, 0.1) is 5.69 Å². The summed E-state index contributed by atoms with van der Waals surface area (Å²) >= 11 is 0. The molecule has 238 valence electrons. The average Bonchev–Trinajstić information content (AvgIpc) is 3.28. The lowest BCUT2D eigenvalue weighted by molar-refractivity contribution is -0.121. The van der Waals surface area contributed by atoms with Gasteiger partial charge in [-0.15, -0.1) is 0 Å². The SMILES string of the molecule is CCCCCCCCCCCCCCCCC=Cc1c(N2C(=O)CCC2=O)c(S(=O)(=O)O)c(S(=O)(=O)O)c2ccccc12. The molecule has 2 amide bonds. The van der Waals surface area contributed by atoms with Crippen molar-refractivity contribution in [3.05, 3.63) is 35.9 Å². The van der Waals surface area contributed by atoms with Crippen molar-refractivity contribution in [1.82, 2.24) is 0 Å².